The average Bonchev–Trinajstić information content (AvgIpc) is 3.86. The molecule has 1 fully saturated rings. The molecule has 2 amide bonds. The van der Waals surface area contributed by atoms with E-state index in [1.807, 2.05) is 0 Å². The number of nitrogens with one attached hydrogen (secondary N) is 2. The maximum Gasteiger partial charge on any atom is 0.481 e. The zero-order valence-electron chi connectivity index (χ0n) is 40.2. The van der Waals surface area contributed by atoms with Crippen molar-refractivity contribution in [2.45, 2.75) is 135 Å². The van der Waals surface area contributed by atoms with Crippen molar-refractivity contribution < 1.29 is 80.5 Å². The number of fused-ring (bicyclic) bond motifs is 1. The molecular formula is C43H70N7O17P3S. The zero-order chi connectivity index (χ0) is 52.5. The van der Waals surface area contributed by atoms with Gasteiger partial charge in [-0.3, -0.25) is 32.5 Å². The van der Waals surface area contributed by atoms with Gasteiger partial charge in [0.15, 0.2) is 22.8 Å². The second-order valence-corrected chi connectivity index (χ2v) is 22.4. The second kappa shape index (κ2) is 31.3. The van der Waals surface area contributed by atoms with Gasteiger partial charge in [-0.2, -0.15) is 4.31 Å². The molecule has 7 atom stereocenters. The lowest BCUT2D eigenvalue weighted by molar-refractivity contribution is -0.137. The predicted octanol–water partition coefficient (Wildman–Crippen LogP) is 5.59. The normalized spacial score (nSPS) is 20.1. The van der Waals surface area contributed by atoms with Crippen LogP contribution in [0.1, 0.15) is 110 Å². The molecule has 24 nitrogen and oxygen atoms in total. The molecule has 0 saturated carbocycles. The number of nitrogen functional groups attached to an aromatic ring is 1. The fraction of sp³-hybridized carbons (Fsp3) is 0.628. The number of carbonyl (C=O) groups excluding carboxylic acids is 3. The van der Waals surface area contributed by atoms with Gasteiger partial charge in [0.05, 0.1) is 19.5 Å². The molecule has 1 aliphatic heterocycles. The molecule has 1 saturated heterocycles. The first-order valence-electron chi connectivity index (χ1n) is 23.2. The van der Waals surface area contributed by atoms with Crippen LogP contribution >= 0.6 is 35.2 Å². The summed E-state index contributed by atoms with van der Waals surface area (Å²) in [7, 11) is -16.4. The number of carbonyl (C=O) groups is 3. The van der Waals surface area contributed by atoms with Gasteiger partial charge in [0.25, 0.3) is 0 Å². The summed E-state index contributed by atoms with van der Waals surface area (Å²) in [6, 6.07) is 0. The number of nitrogens with zero attached hydrogens (tertiary/aromatic N) is 4. The second-order valence-electron chi connectivity index (χ2n) is 17.0. The van der Waals surface area contributed by atoms with E-state index in [-0.39, 0.29) is 41.6 Å². The fourth-order valence-electron chi connectivity index (χ4n) is 6.64. The Balaban J connectivity index is 1.28. The minimum Gasteiger partial charge on any atom is -0.386 e. The summed E-state index contributed by atoms with van der Waals surface area (Å²) in [6.45, 7) is 2.74. The zero-order valence-corrected chi connectivity index (χ0v) is 43.7. The first kappa shape index (κ1) is 61.8. The van der Waals surface area contributed by atoms with Crippen molar-refractivity contribution in [1.82, 2.24) is 30.2 Å². The van der Waals surface area contributed by atoms with E-state index in [0.29, 0.717) is 12.2 Å². The minimum absolute atomic E-state index is 0.0310. The molecule has 10 N–H and O–H groups in total. The third-order valence-corrected chi connectivity index (χ3v) is 14.5. The molecule has 71 heavy (non-hydrogen) atoms. The van der Waals surface area contributed by atoms with Crippen LogP contribution in [0.4, 0.5) is 5.82 Å². The summed E-state index contributed by atoms with van der Waals surface area (Å²) in [6.07, 6.45) is 22.5. The van der Waals surface area contributed by atoms with Crippen LogP contribution in [0.15, 0.2) is 61.3 Å². The van der Waals surface area contributed by atoms with Crippen molar-refractivity contribution >= 4 is 69.1 Å². The molecule has 28 heteroatoms. The molecule has 3 heterocycles. The standard InChI is InChI=1S/C43H70N7O17P3S/c1-4-5-6-7-8-9-10-11-12-13-14-15-16-17-18-19-20-21-22-23-34(52)71-27-26-45-33(51)24-25-46-41(55)38(54)43(2,3)29-64-70(61,62)67-69(59,60)63-28-32-37(66-68(56,57)58)36(53)42(65-32)50-31-49-35-39(44)47-30-48-40(35)50/h8-9,11-12,14-15,17-18,30-32,36-38,42,53-54H,4-7,10,13,16,19-29H2,1-3H3,(H,45,51)(H,46,55)(H,59,60)(H,61,62)(H2,44,47,48)(H2,56,57,58)/b9-8-,12-11-,15-14-,18-17-/t32-,36-,37-,38?,42-/m1/s1. The average molecular weight is 1080 g/mol. The van der Waals surface area contributed by atoms with Crippen LogP contribution in [0.25, 0.3) is 11.2 Å². The third kappa shape index (κ3) is 24.0. The van der Waals surface area contributed by atoms with Gasteiger partial charge in [0.2, 0.25) is 11.8 Å². The highest BCUT2D eigenvalue weighted by Crippen LogP contribution is 2.61. The number of ether oxygens (including phenoxy) is 1. The number of anilines is 1. The lowest BCUT2D eigenvalue weighted by atomic mass is 9.87. The van der Waals surface area contributed by atoms with Crippen LogP contribution in [0.5, 0.6) is 0 Å². The molecule has 1 aliphatic rings. The predicted molar refractivity (Wildman–Crippen MR) is 265 cm³/mol. The lowest BCUT2D eigenvalue weighted by Crippen LogP contribution is -2.46. The van der Waals surface area contributed by atoms with Crippen LogP contribution < -0.4 is 16.4 Å². The van der Waals surface area contributed by atoms with E-state index in [9.17, 15) is 57.9 Å². The molecule has 0 aromatic carbocycles. The molecule has 3 rings (SSSR count). The molecule has 0 spiro atoms. The molecule has 3 unspecified atom stereocenters. The first-order valence-corrected chi connectivity index (χ1v) is 28.7. The van der Waals surface area contributed by atoms with Crippen molar-refractivity contribution in [1.29, 1.82) is 0 Å². The minimum atomic E-state index is -5.58. The highest BCUT2D eigenvalue weighted by molar-refractivity contribution is 8.13. The summed E-state index contributed by atoms with van der Waals surface area (Å²) >= 11 is 1.13. The summed E-state index contributed by atoms with van der Waals surface area (Å²) < 4.78 is 62.5. The Hall–Kier alpha value is -3.48. The van der Waals surface area contributed by atoms with Crippen molar-refractivity contribution in [2.24, 2.45) is 5.41 Å². The number of imidazole rings is 1. The Bertz CT molecular complexity index is 2260. The Morgan fingerprint density at radius 2 is 1.48 bits per heavy atom. The van der Waals surface area contributed by atoms with E-state index in [1.165, 1.54) is 33.1 Å². The van der Waals surface area contributed by atoms with Crippen LogP contribution in [0, 0.1) is 5.41 Å². The lowest BCUT2D eigenvalue weighted by Gasteiger charge is -2.30. The first-order chi connectivity index (χ1) is 33.6. The van der Waals surface area contributed by atoms with Crippen molar-refractivity contribution in [2.75, 3.05) is 37.8 Å². The Kier molecular flexibility index (Phi) is 27.3. The number of aliphatic hydroxyl groups is 2. The van der Waals surface area contributed by atoms with Crippen LogP contribution in [-0.2, 0) is 50.7 Å². The fourth-order valence-corrected chi connectivity index (χ4v) is 10.2. The van der Waals surface area contributed by atoms with Gasteiger partial charge in [-0.25, -0.2) is 28.6 Å². The summed E-state index contributed by atoms with van der Waals surface area (Å²) in [5.41, 5.74) is 4.28. The molecule has 2 aromatic rings. The SMILES string of the molecule is CCCCC/C=C\C/C=C\C/C=C\C/C=C\CCCCCC(=O)SCCNC(=O)CCNC(=O)C(O)C(C)(C)COP(=O)(O)OP(=O)(O)OC[C@H]1O[C@@H](n2cnc3c(N)ncnc32)[C@H](O)[C@@H]1OP(=O)(O)O. The number of unbranched alkanes of at least 4 members (excludes halogenated alkanes) is 6. The summed E-state index contributed by atoms with van der Waals surface area (Å²) in [5, 5.41) is 26.6. The van der Waals surface area contributed by atoms with Crippen LogP contribution in [0.3, 0.4) is 0 Å². The molecule has 400 valence electrons. The van der Waals surface area contributed by atoms with Crippen molar-refractivity contribution in [3.8, 4) is 0 Å². The number of aromatic nitrogens is 4. The smallest absolute Gasteiger partial charge is 0.386 e. The van der Waals surface area contributed by atoms with Crippen LogP contribution in [0.2, 0.25) is 0 Å². The van der Waals surface area contributed by atoms with Crippen molar-refractivity contribution in [3.63, 3.8) is 0 Å². The number of rotatable bonds is 35. The van der Waals surface area contributed by atoms with Gasteiger partial charge in [-0.1, -0.05) is 100 Å². The number of amides is 2. The van der Waals surface area contributed by atoms with Gasteiger partial charge >= 0.3 is 23.5 Å². The number of phosphoric acid groups is 3. The quantitative estimate of drug-likeness (QED) is 0.0231. The number of hydrogen-bond donors (Lipinski definition) is 9. The van der Waals surface area contributed by atoms with Gasteiger partial charge in [0.1, 0.15) is 36.3 Å². The number of allylic oxidation sites excluding steroid dienone is 8. The Morgan fingerprint density at radius 3 is 2.11 bits per heavy atom. The number of thioether (sulfide) groups is 1. The van der Waals surface area contributed by atoms with Gasteiger partial charge in [0, 0.05) is 37.1 Å². The molecule has 0 radical (unpaired) electrons. The maximum absolute atomic E-state index is 12.8. The molecule has 0 bridgehead atoms. The molecular weight excluding hydrogens is 1010 g/mol. The topological polar surface area (TPSA) is 364 Å². The number of hydrogen-bond acceptors (Lipinski definition) is 18. The Morgan fingerprint density at radius 1 is 0.859 bits per heavy atom. The largest absolute Gasteiger partial charge is 0.481 e. The monoisotopic (exact) mass is 1080 g/mol. The van der Waals surface area contributed by atoms with E-state index in [2.05, 4.69) is 90.0 Å². The number of nitrogens with two attached hydrogens (primary N) is 1. The summed E-state index contributed by atoms with van der Waals surface area (Å²) in [4.78, 5) is 88.4. The highest BCUT2D eigenvalue weighted by Gasteiger charge is 2.50. The van der Waals surface area contributed by atoms with Gasteiger partial charge in [-0.05, 0) is 51.4 Å². The van der Waals surface area contributed by atoms with Gasteiger partial charge < -0.3 is 50.9 Å². The van der Waals surface area contributed by atoms with Gasteiger partial charge in [-0.15, -0.1) is 0 Å². The Labute approximate surface area is 417 Å². The van der Waals surface area contributed by atoms with E-state index < -0.39 is 84.6 Å². The number of aliphatic hydroxyl groups excluding tert-OH is 2. The number of phosphoric ester groups is 3. The van der Waals surface area contributed by atoms with E-state index in [0.717, 1.165) is 80.4 Å². The molecule has 2 aromatic heterocycles. The highest BCUT2D eigenvalue weighted by atomic mass is 32.2. The van der Waals surface area contributed by atoms with Crippen LogP contribution in [-0.4, -0.2) is 123 Å². The summed E-state index contributed by atoms with van der Waals surface area (Å²) in [5.74, 6) is -1.07. The maximum atomic E-state index is 12.8. The van der Waals surface area contributed by atoms with E-state index in [1.54, 1.807) is 0 Å². The van der Waals surface area contributed by atoms with E-state index in [4.69, 9.17) is 19.5 Å². The third-order valence-electron chi connectivity index (χ3n) is 10.5. The van der Waals surface area contributed by atoms with Crippen molar-refractivity contribution in [3.05, 3.63) is 61.3 Å². The van der Waals surface area contributed by atoms with E-state index >= 15 is 0 Å². The molecule has 0 aliphatic carbocycles.